The zero-order valence-electron chi connectivity index (χ0n) is 15.0. The lowest BCUT2D eigenvalue weighted by molar-refractivity contribution is -0.113. The van der Waals surface area contributed by atoms with Gasteiger partial charge in [-0.3, -0.25) is 4.79 Å². The van der Waals surface area contributed by atoms with Gasteiger partial charge in [-0.15, -0.1) is 11.3 Å². The van der Waals surface area contributed by atoms with Gasteiger partial charge in [0.2, 0.25) is 0 Å². The number of oxime groups is 1. The van der Waals surface area contributed by atoms with Crippen LogP contribution in [0.5, 0.6) is 5.75 Å². The summed E-state index contributed by atoms with van der Waals surface area (Å²) in [5, 5.41) is 33.7. The van der Waals surface area contributed by atoms with E-state index in [2.05, 4.69) is 10.1 Å². The number of carbonyl (C=O) groups excluding carboxylic acids is 1. The number of nitrogen functional groups attached to an aromatic ring is 1. The van der Waals surface area contributed by atoms with Crippen LogP contribution in [0.1, 0.15) is 40.5 Å². The van der Waals surface area contributed by atoms with E-state index in [0.717, 1.165) is 16.9 Å². The molecular weight excluding hydrogens is 385 g/mol. The minimum atomic E-state index is -1.37. The second-order valence-electron chi connectivity index (χ2n) is 6.41. The zero-order chi connectivity index (χ0) is 20.4. The summed E-state index contributed by atoms with van der Waals surface area (Å²) in [4.78, 5) is 28.0. The molecule has 9 nitrogen and oxygen atoms in total. The summed E-state index contributed by atoms with van der Waals surface area (Å²) in [6, 6.07) is 3.33. The van der Waals surface area contributed by atoms with Crippen molar-refractivity contribution in [1.82, 2.24) is 4.98 Å². The molecule has 3 rings (SSSR count). The van der Waals surface area contributed by atoms with Gasteiger partial charge in [-0.1, -0.05) is 18.1 Å². The van der Waals surface area contributed by atoms with E-state index in [1.54, 1.807) is 0 Å². The molecule has 28 heavy (non-hydrogen) atoms. The van der Waals surface area contributed by atoms with Crippen molar-refractivity contribution in [2.45, 2.75) is 32.0 Å². The molecule has 1 aliphatic rings. The number of fused-ring (bicyclic) bond motifs is 1. The third kappa shape index (κ3) is 3.85. The molecule has 0 unspecified atom stereocenters. The number of ketones is 1. The molecule has 0 amide bonds. The predicted molar refractivity (Wildman–Crippen MR) is 103 cm³/mol. The van der Waals surface area contributed by atoms with Gasteiger partial charge in [0.05, 0.1) is 0 Å². The molecule has 2 heterocycles. The van der Waals surface area contributed by atoms with Crippen LogP contribution < -0.4 is 10.4 Å². The second kappa shape index (κ2) is 7.99. The Bertz CT molecular complexity index is 960. The Morgan fingerprint density at radius 3 is 2.79 bits per heavy atom. The highest BCUT2D eigenvalue weighted by Gasteiger charge is 2.39. The lowest BCUT2D eigenvalue weighted by Crippen LogP contribution is -2.37. The van der Waals surface area contributed by atoms with Gasteiger partial charge in [0.25, 0.3) is 0 Å². The standard InChI is InChI=1S/C17H18BN3O6S/c1-2-8-3-9-5-10(18(25)27-15(9)11(4-8)16(23)24)6-13(22)14(21-26)12-7-28-17(19)20-12/h3-4,7,10,25-26H,2,5-6H2,1H3,(H2,19,20)(H,23,24)/b21-14-/t10-/m1/s1. The number of carboxylic acids is 1. The van der Waals surface area contributed by atoms with Crippen LogP contribution in [0.25, 0.3) is 0 Å². The molecule has 146 valence electrons. The number of hydrogen-bond donors (Lipinski definition) is 4. The number of carboxylic acid groups (broad SMARTS) is 1. The molecule has 11 heteroatoms. The second-order valence-corrected chi connectivity index (χ2v) is 7.30. The van der Waals surface area contributed by atoms with Gasteiger partial charge in [-0.2, -0.15) is 0 Å². The molecule has 1 aromatic carbocycles. The zero-order valence-corrected chi connectivity index (χ0v) is 15.8. The first-order valence-electron chi connectivity index (χ1n) is 8.54. The fourth-order valence-corrected chi connectivity index (χ4v) is 3.71. The van der Waals surface area contributed by atoms with Crippen molar-refractivity contribution in [3.8, 4) is 5.75 Å². The van der Waals surface area contributed by atoms with Gasteiger partial charge in [-0.25, -0.2) is 9.78 Å². The molecule has 0 saturated heterocycles. The summed E-state index contributed by atoms with van der Waals surface area (Å²) >= 11 is 1.10. The Balaban J connectivity index is 1.85. The van der Waals surface area contributed by atoms with Crippen LogP contribution in [0.15, 0.2) is 22.7 Å². The number of anilines is 1. The minimum absolute atomic E-state index is 0.0197. The highest BCUT2D eigenvalue weighted by molar-refractivity contribution is 7.13. The van der Waals surface area contributed by atoms with Crippen LogP contribution >= 0.6 is 11.3 Å². The average molecular weight is 403 g/mol. The van der Waals surface area contributed by atoms with Gasteiger partial charge in [-0.05, 0) is 30.0 Å². The molecule has 0 aliphatic carbocycles. The summed E-state index contributed by atoms with van der Waals surface area (Å²) in [6.45, 7) is 1.90. The normalized spacial score (nSPS) is 16.4. The van der Waals surface area contributed by atoms with Crippen LogP contribution in [-0.2, 0) is 17.6 Å². The number of aryl methyl sites for hydroxylation is 1. The Hall–Kier alpha value is -2.92. The van der Waals surface area contributed by atoms with Gasteiger partial charge < -0.3 is 25.7 Å². The number of hydrogen-bond acceptors (Lipinski definition) is 9. The first kappa shape index (κ1) is 19.8. The smallest absolute Gasteiger partial charge is 0.526 e. The van der Waals surface area contributed by atoms with Crippen LogP contribution in [0, 0.1) is 0 Å². The molecule has 2 aromatic rings. The Morgan fingerprint density at radius 2 is 2.21 bits per heavy atom. The lowest BCUT2D eigenvalue weighted by atomic mass is 9.64. The van der Waals surface area contributed by atoms with E-state index < -0.39 is 24.7 Å². The molecule has 0 bridgehead atoms. The quantitative estimate of drug-likeness (QED) is 0.245. The molecular formula is C17H18BN3O6S. The first-order valence-corrected chi connectivity index (χ1v) is 9.42. The third-order valence-corrected chi connectivity index (χ3v) is 5.24. The number of nitrogens with two attached hydrogens (primary N) is 1. The summed E-state index contributed by atoms with van der Waals surface area (Å²) in [6.07, 6.45) is 0.705. The van der Waals surface area contributed by atoms with Crippen molar-refractivity contribution in [2.75, 3.05) is 5.73 Å². The van der Waals surface area contributed by atoms with Crippen LogP contribution in [-0.4, -0.2) is 44.9 Å². The van der Waals surface area contributed by atoms with Gasteiger partial charge in [0, 0.05) is 17.6 Å². The van der Waals surface area contributed by atoms with E-state index in [4.69, 9.17) is 10.4 Å². The maximum atomic E-state index is 12.6. The Kier molecular flexibility index (Phi) is 5.66. The van der Waals surface area contributed by atoms with Crippen molar-refractivity contribution in [3.63, 3.8) is 0 Å². The van der Waals surface area contributed by atoms with E-state index in [1.807, 2.05) is 13.0 Å². The number of Topliss-reactive ketones (excluding diaryl/α,β-unsaturated/α-hetero) is 1. The van der Waals surface area contributed by atoms with E-state index in [-0.39, 0.29) is 40.7 Å². The number of nitrogens with zero attached hydrogens (tertiary/aromatic N) is 2. The van der Waals surface area contributed by atoms with Crippen LogP contribution in [0.4, 0.5) is 5.13 Å². The largest absolute Gasteiger partial charge is 0.535 e. The third-order valence-electron chi connectivity index (χ3n) is 4.56. The number of carbonyl (C=O) groups is 2. The number of rotatable bonds is 6. The number of thiazole rings is 1. The van der Waals surface area contributed by atoms with Crippen molar-refractivity contribution in [1.29, 1.82) is 0 Å². The summed E-state index contributed by atoms with van der Waals surface area (Å²) in [7, 11) is -1.37. The molecule has 1 aliphatic heterocycles. The number of benzene rings is 1. The number of aromatic nitrogens is 1. The first-order chi connectivity index (χ1) is 13.3. The van der Waals surface area contributed by atoms with E-state index in [9.17, 15) is 24.9 Å². The van der Waals surface area contributed by atoms with Crippen molar-refractivity contribution in [3.05, 3.63) is 39.9 Å². The van der Waals surface area contributed by atoms with E-state index >= 15 is 0 Å². The van der Waals surface area contributed by atoms with Gasteiger partial charge >= 0.3 is 13.1 Å². The van der Waals surface area contributed by atoms with Crippen LogP contribution in [0.3, 0.4) is 0 Å². The summed E-state index contributed by atoms with van der Waals surface area (Å²) < 4.78 is 5.45. The fraction of sp³-hybridized carbons (Fsp3) is 0.294. The molecule has 0 fully saturated rings. The molecule has 1 atom stereocenters. The van der Waals surface area contributed by atoms with Crippen molar-refractivity contribution >= 4 is 41.1 Å². The summed E-state index contributed by atoms with van der Waals surface area (Å²) in [5.74, 6) is -2.20. The number of aromatic carboxylic acids is 1. The fourth-order valence-electron chi connectivity index (χ4n) is 3.16. The molecule has 0 saturated carbocycles. The Labute approximate surface area is 164 Å². The minimum Gasteiger partial charge on any atom is -0.535 e. The van der Waals surface area contributed by atoms with E-state index in [0.29, 0.717) is 12.0 Å². The molecule has 0 spiro atoms. The summed E-state index contributed by atoms with van der Waals surface area (Å²) in [5.41, 5.74) is 6.86. The van der Waals surface area contributed by atoms with Crippen molar-refractivity contribution < 1.29 is 29.6 Å². The topological polar surface area (TPSA) is 155 Å². The van der Waals surface area contributed by atoms with Gasteiger partial charge in [0.1, 0.15) is 17.0 Å². The SMILES string of the molecule is CCc1cc2c(c(C(=O)O)c1)OB(O)[C@@H](CC(=O)/C(=N\O)c1csc(N)n1)C2. The maximum Gasteiger partial charge on any atom is 0.526 e. The van der Waals surface area contributed by atoms with Gasteiger partial charge in [0.15, 0.2) is 16.6 Å². The highest BCUT2D eigenvalue weighted by atomic mass is 32.1. The van der Waals surface area contributed by atoms with Crippen molar-refractivity contribution in [2.24, 2.45) is 5.16 Å². The predicted octanol–water partition coefficient (Wildman–Crippen LogP) is 1.61. The maximum absolute atomic E-state index is 12.6. The molecule has 1 aromatic heterocycles. The lowest BCUT2D eigenvalue weighted by Gasteiger charge is -2.28. The monoisotopic (exact) mass is 403 g/mol. The van der Waals surface area contributed by atoms with E-state index in [1.165, 1.54) is 11.4 Å². The van der Waals surface area contributed by atoms with Crippen LogP contribution in [0.2, 0.25) is 5.82 Å². The molecule has 5 N–H and O–H groups in total. The Morgan fingerprint density at radius 1 is 1.46 bits per heavy atom. The molecule has 0 radical (unpaired) electrons. The highest BCUT2D eigenvalue weighted by Crippen LogP contribution is 2.37. The average Bonchev–Trinajstić information content (AvgIpc) is 3.08.